The maximum Gasteiger partial charge on any atom is 0.356 e. The van der Waals surface area contributed by atoms with Crippen LogP contribution >= 0.6 is 11.6 Å². The summed E-state index contributed by atoms with van der Waals surface area (Å²) in [6.07, 6.45) is 3.31. The molecule has 3 aromatic rings. The first kappa shape index (κ1) is 16.1. The Kier molecular flexibility index (Phi) is 4.57. The summed E-state index contributed by atoms with van der Waals surface area (Å²) in [4.78, 5) is 20.1. The quantitative estimate of drug-likeness (QED) is 0.765. The van der Waals surface area contributed by atoms with E-state index in [2.05, 4.69) is 22.0 Å². The minimum atomic E-state index is -1.07. The Morgan fingerprint density at radius 3 is 2.58 bits per heavy atom. The van der Waals surface area contributed by atoms with E-state index in [9.17, 15) is 4.79 Å². The van der Waals surface area contributed by atoms with Gasteiger partial charge in [0.25, 0.3) is 0 Å². The monoisotopic (exact) mass is 342 g/mol. The molecule has 0 saturated carbocycles. The zero-order chi connectivity index (χ0) is 17.1. The molecule has 0 atom stereocenters. The highest BCUT2D eigenvalue weighted by molar-refractivity contribution is 6.30. The van der Waals surface area contributed by atoms with E-state index in [1.165, 1.54) is 10.7 Å². The molecule has 0 spiro atoms. The lowest BCUT2D eigenvalue weighted by Crippen LogP contribution is -2.06. The number of carboxylic acid groups (broad SMARTS) is 1. The van der Waals surface area contributed by atoms with Crippen LogP contribution in [0.4, 0.5) is 0 Å². The number of benzene rings is 1. The van der Waals surface area contributed by atoms with Gasteiger partial charge in [-0.25, -0.2) is 19.4 Å². The lowest BCUT2D eigenvalue weighted by molar-refractivity contribution is 0.0690. The fourth-order valence-corrected chi connectivity index (χ4v) is 2.40. The van der Waals surface area contributed by atoms with Gasteiger partial charge >= 0.3 is 5.97 Å². The van der Waals surface area contributed by atoms with Gasteiger partial charge in [0.15, 0.2) is 17.3 Å². The third-order valence-corrected chi connectivity index (χ3v) is 3.67. The molecule has 2 heterocycles. The van der Waals surface area contributed by atoms with Gasteiger partial charge in [0, 0.05) is 28.5 Å². The Hall–Kier alpha value is -2.73. The lowest BCUT2D eigenvalue weighted by atomic mass is 10.2. The number of carboxylic acids is 1. The van der Waals surface area contributed by atoms with Crippen molar-refractivity contribution in [3.8, 4) is 17.2 Å². The molecule has 1 N–H and O–H groups in total. The molecule has 6 nitrogen and oxygen atoms in total. The highest BCUT2D eigenvalue weighted by Gasteiger charge is 2.12. The third-order valence-electron chi connectivity index (χ3n) is 3.42. The normalized spacial score (nSPS) is 10.8. The topological polar surface area (TPSA) is 80.9 Å². The second-order valence-electron chi connectivity index (χ2n) is 5.25. The zero-order valence-corrected chi connectivity index (χ0v) is 13.7. The number of nitrogens with zero attached hydrogens (tertiary/aromatic N) is 4. The summed E-state index contributed by atoms with van der Waals surface area (Å²) in [6.45, 7) is 2.07. The summed E-state index contributed by atoms with van der Waals surface area (Å²) >= 11 is 5.93. The molecule has 0 aliphatic heterocycles. The minimum absolute atomic E-state index is 0.0290. The standard InChI is InChI=1S/C17H15ClN4O2/c1-2-3-13-10-15(22-9-8-14(21-22)17(23)24)20-16(19-13)11-4-6-12(18)7-5-11/h4-10H,2-3H2,1H3,(H,23,24). The van der Waals surface area contributed by atoms with Gasteiger partial charge in [-0.05, 0) is 36.8 Å². The second-order valence-corrected chi connectivity index (χ2v) is 5.69. The number of aryl methyl sites for hydroxylation is 1. The van der Waals surface area contributed by atoms with Crippen molar-refractivity contribution in [1.29, 1.82) is 0 Å². The number of aromatic carboxylic acids is 1. The summed E-state index contributed by atoms with van der Waals surface area (Å²) in [5.74, 6) is 0.0143. The SMILES string of the molecule is CCCc1cc(-n2ccc(C(=O)O)n2)nc(-c2ccc(Cl)cc2)n1. The van der Waals surface area contributed by atoms with Crippen LogP contribution in [0.3, 0.4) is 0 Å². The van der Waals surface area contributed by atoms with Crippen molar-refractivity contribution in [3.63, 3.8) is 0 Å². The van der Waals surface area contributed by atoms with Crippen molar-refractivity contribution in [2.24, 2.45) is 0 Å². The number of hydrogen-bond donors (Lipinski definition) is 1. The van der Waals surface area contributed by atoms with Crippen LogP contribution in [0.2, 0.25) is 5.02 Å². The largest absolute Gasteiger partial charge is 0.476 e. The Morgan fingerprint density at radius 1 is 1.21 bits per heavy atom. The first-order chi connectivity index (χ1) is 11.6. The smallest absolute Gasteiger partial charge is 0.356 e. The second kappa shape index (κ2) is 6.80. The van der Waals surface area contributed by atoms with Crippen molar-refractivity contribution in [3.05, 3.63) is 59.0 Å². The highest BCUT2D eigenvalue weighted by atomic mass is 35.5. The molecule has 122 valence electrons. The predicted octanol–water partition coefficient (Wildman–Crippen LogP) is 3.63. The Balaban J connectivity index is 2.08. The van der Waals surface area contributed by atoms with Crippen molar-refractivity contribution < 1.29 is 9.90 Å². The van der Waals surface area contributed by atoms with Crippen LogP contribution in [0.25, 0.3) is 17.2 Å². The van der Waals surface area contributed by atoms with E-state index >= 15 is 0 Å². The molecule has 0 saturated heterocycles. The summed E-state index contributed by atoms with van der Waals surface area (Å²) in [6, 6.07) is 10.5. The van der Waals surface area contributed by atoms with E-state index in [1.54, 1.807) is 18.3 Å². The van der Waals surface area contributed by atoms with Gasteiger partial charge in [-0.15, -0.1) is 0 Å². The average Bonchev–Trinajstić information content (AvgIpc) is 3.06. The van der Waals surface area contributed by atoms with Crippen molar-refractivity contribution in [2.75, 3.05) is 0 Å². The fourth-order valence-electron chi connectivity index (χ4n) is 2.28. The van der Waals surface area contributed by atoms with Crippen LogP contribution in [0.1, 0.15) is 29.5 Å². The Morgan fingerprint density at radius 2 is 1.96 bits per heavy atom. The maximum atomic E-state index is 11.0. The Labute approximate surface area is 143 Å². The van der Waals surface area contributed by atoms with Gasteiger partial charge < -0.3 is 5.11 Å². The number of halogens is 1. The maximum absolute atomic E-state index is 11.0. The van der Waals surface area contributed by atoms with Gasteiger partial charge in [-0.1, -0.05) is 24.9 Å². The molecule has 2 aromatic heterocycles. The molecule has 0 aliphatic rings. The van der Waals surface area contributed by atoms with Gasteiger partial charge in [0.05, 0.1) is 0 Å². The van der Waals surface area contributed by atoms with E-state index in [0.29, 0.717) is 16.7 Å². The zero-order valence-electron chi connectivity index (χ0n) is 13.0. The summed E-state index contributed by atoms with van der Waals surface area (Å²) in [7, 11) is 0. The van der Waals surface area contributed by atoms with Gasteiger partial charge in [0.1, 0.15) is 0 Å². The summed E-state index contributed by atoms with van der Waals surface area (Å²) < 4.78 is 1.45. The third kappa shape index (κ3) is 3.44. The van der Waals surface area contributed by atoms with Crippen LogP contribution in [-0.2, 0) is 6.42 Å². The molecule has 0 unspecified atom stereocenters. The molecule has 0 radical (unpaired) electrons. The summed E-state index contributed by atoms with van der Waals surface area (Å²) in [5, 5.41) is 13.7. The minimum Gasteiger partial charge on any atom is -0.476 e. The van der Waals surface area contributed by atoms with E-state index in [-0.39, 0.29) is 5.69 Å². The van der Waals surface area contributed by atoms with Gasteiger partial charge in [0.2, 0.25) is 0 Å². The molecule has 1 aromatic carbocycles. The van der Waals surface area contributed by atoms with Crippen molar-refractivity contribution >= 4 is 17.6 Å². The molecule has 0 fully saturated rings. The van der Waals surface area contributed by atoms with E-state index in [1.807, 2.05) is 18.2 Å². The number of aromatic nitrogens is 4. The number of carbonyl (C=O) groups is 1. The first-order valence-electron chi connectivity index (χ1n) is 7.50. The van der Waals surface area contributed by atoms with Crippen molar-refractivity contribution in [2.45, 2.75) is 19.8 Å². The molecule has 7 heteroatoms. The molecule has 0 aliphatic carbocycles. The fraction of sp³-hybridized carbons (Fsp3) is 0.176. The molecular weight excluding hydrogens is 328 g/mol. The van der Waals surface area contributed by atoms with Crippen molar-refractivity contribution in [1.82, 2.24) is 19.7 Å². The number of hydrogen-bond acceptors (Lipinski definition) is 4. The van der Waals surface area contributed by atoms with E-state index in [0.717, 1.165) is 24.1 Å². The first-order valence-corrected chi connectivity index (χ1v) is 7.88. The van der Waals surface area contributed by atoms with E-state index < -0.39 is 5.97 Å². The average molecular weight is 343 g/mol. The molecule has 24 heavy (non-hydrogen) atoms. The van der Waals surface area contributed by atoms with E-state index in [4.69, 9.17) is 16.7 Å². The van der Waals surface area contributed by atoms with Crippen LogP contribution in [0, 0.1) is 0 Å². The molecular formula is C17H15ClN4O2. The van der Waals surface area contributed by atoms with Crippen LogP contribution in [-0.4, -0.2) is 30.8 Å². The highest BCUT2D eigenvalue weighted by Crippen LogP contribution is 2.20. The van der Waals surface area contributed by atoms with Gasteiger partial charge in [-0.3, -0.25) is 0 Å². The predicted molar refractivity (Wildman–Crippen MR) is 90.6 cm³/mol. The molecule has 3 rings (SSSR count). The summed E-state index contributed by atoms with van der Waals surface area (Å²) in [5.41, 5.74) is 1.68. The number of rotatable bonds is 5. The lowest BCUT2D eigenvalue weighted by Gasteiger charge is -2.08. The van der Waals surface area contributed by atoms with Crippen LogP contribution in [0.5, 0.6) is 0 Å². The van der Waals surface area contributed by atoms with Crippen LogP contribution in [0.15, 0.2) is 42.6 Å². The van der Waals surface area contributed by atoms with Crippen LogP contribution < -0.4 is 0 Å². The molecule has 0 bridgehead atoms. The van der Waals surface area contributed by atoms with Gasteiger partial charge in [-0.2, -0.15) is 5.10 Å². The molecule has 0 amide bonds. The Bertz CT molecular complexity index is 875.